The van der Waals surface area contributed by atoms with E-state index >= 15 is 0 Å². The zero-order valence-corrected chi connectivity index (χ0v) is 21.4. The predicted octanol–water partition coefficient (Wildman–Crippen LogP) is 6.25. The van der Waals surface area contributed by atoms with E-state index in [0.29, 0.717) is 23.0 Å². The molecule has 4 nitrogen and oxygen atoms in total. The summed E-state index contributed by atoms with van der Waals surface area (Å²) in [4.78, 5) is 29.4. The molecule has 3 aromatic rings. The highest BCUT2D eigenvalue weighted by Crippen LogP contribution is 2.24. The van der Waals surface area contributed by atoms with E-state index in [1.807, 2.05) is 67.6 Å². The minimum Gasteiger partial charge on any atom is -0.354 e. The van der Waals surface area contributed by atoms with Crippen LogP contribution in [0.3, 0.4) is 0 Å². The molecule has 0 spiro atoms. The first kappa shape index (κ1) is 26.1. The van der Waals surface area contributed by atoms with Gasteiger partial charge in [0.15, 0.2) is 0 Å². The number of hydrogen-bond acceptors (Lipinski definition) is 3. The standard InChI is InChI=1S/C27H28Cl2N2O2S/c1-2-16-30-27(33)25(17-20-8-4-3-5-9-20)31(18-21-10-6-7-11-24(21)29)26(32)19-34-23-14-12-22(28)13-15-23/h3-15,25H,2,16-19H2,1H3,(H,30,33). The van der Waals surface area contributed by atoms with Gasteiger partial charge in [-0.3, -0.25) is 9.59 Å². The predicted molar refractivity (Wildman–Crippen MR) is 141 cm³/mol. The van der Waals surface area contributed by atoms with Gasteiger partial charge in [-0.25, -0.2) is 0 Å². The third kappa shape index (κ3) is 7.79. The summed E-state index contributed by atoms with van der Waals surface area (Å²) in [7, 11) is 0. The molecule has 0 radical (unpaired) electrons. The molecule has 0 fully saturated rings. The van der Waals surface area contributed by atoms with E-state index < -0.39 is 6.04 Å². The summed E-state index contributed by atoms with van der Waals surface area (Å²) in [6.07, 6.45) is 1.23. The van der Waals surface area contributed by atoms with Crippen molar-refractivity contribution in [3.05, 3.63) is 100 Å². The van der Waals surface area contributed by atoms with Crippen LogP contribution in [0.25, 0.3) is 0 Å². The van der Waals surface area contributed by atoms with Crippen molar-refractivity contribution in [2.45, 2.75) is 37.2 Å². The number of hydrogen-bond donors (Lipinski definition) is 1. The van der Waals surface area contributed by atoms with Gasteiger partial charge in [-0.15, -0.1) is 11.8 Å². The molecule has 3 rings (SSSR count). The van der Waals surface area contributed by atoms with Crippen LogP contribution in [0.15, 0.2) is 83.8 Å². The van der Waals surface area contributed by atoms with E-state index in [0.717, 1.165) is 22.4 Å². The Morgan fingerprint density at radius 3 is 2.29 bits per heavy atom. The maximum absolute atomic E-state index is 13.6. The summed E-state index contributed by atoms with van der Waals surface area (Å²) in [6, 6.07) is 23.9. The van der Waals surface area contributed by atoms with Crippen LogP contribution in [-0.4, -0.2) is 35.1 Å². The lowest BCUT2D eigenvalue weighted by molar-refractivity contribution is -0.139. The molecule has 0 saturated carbocycles. The Morgan fingerprint density at radius 2 is 1.62 bits per heavy atom. The maximum Gasteiger partial charge on any atom is 0.243 e. The van der Waals surface area contributed by atoms with Gasteiger partial charge in [0.2, 0.25) is 11.8 Å². The van der Waals surface area contributed by atoms with E-state index in [9.17, 15) is 9.59 Å². The molecule has 0 aliphatic heterocycles. The minimum absolute atomic E-state index is 0.132. The average molecular weight is 516 g/mol. The largest absolute Gasteiger partial charge is 0.354 e. The molecular formula is C27H28Cl2N2O2S. The second-order valence-corrected chi connectivity index (χ2v) is 9.74. The van der Waals surface area contributed by atoms with Gasteiger partial charge in [-0.1, -0.05) is 78.7 Å². The van der Waals surface area contributed by atoms with Crippen molar-refractivity contribution in [3.63, 3.8) is 0 Å². The molecule has 1 N–H and O–H groups in total. The Kier molecular flexibility index (Phi) is 10.3. The molecule has 0 aliphatic rings. The van der Waals surface area contributed by atoms with Crippen LogP contribution >= 0.6 is 35.0 Å². The van der Waals surface area contributed by atoms with Gasteiger partial charge in [0, 0.05) is 34.5 Å². The van der Waals surface area contributed by atoms with Crippen LogP contribution in [0.4, 0.5) is 0 Å². The monoisotopic (exact) mass is 514 g/mol. The Balaban J connectivity index is 1.89. The van der Waals surface area contributed by atoms with Crippen molar-refractivity contribution in [1.82, 2.24) is 10.2 Å². The van der Waals surface area contributed by atoms with Gasteiger partial charge in [0.05, 0.1) is 5.75 Å². The number of amides is 2. The van der Waals surface area contributed by atoms with E-state index in [4.69, 9.17) is 23.2 Å². The topological polar surface area (TPSA) is 49.4 Å². The van der Waals surface area contributed by atoms with Crippen molar-refractivity contribution >= 4 is 46.8 Å². The summed E-state index contributed by atoms with van der Waals surface area (Å²) in [5.74, 6) is -0.103. The van der Waals surface area contributed by atoms with Crippen LogP contribution in [0, 0.1) is 0 Å². The molecule has 0 bridgehead atoms. The number of carbonyl (C=O) groups excluding carboxylic acids is 2. The van der Waals surface area contributed by atoms with Crippen LogP contribution in [0.2, 0.25) is 10.0 Å². The first-order valence-corrected chi connectivity index (χ1v) is 12.9. The van der Waals surface area contributed by atoms with Gasteiger partial charge < -0.3 is 10.2 Å². The molecule has 1 unspecified atom stereocenters. The third-order valence-electron chi connectivity index (χ3n) is 5.29. The van der Waals surface area contributed by atoms with E-state index in [1.165, 1.54) is 11.8 Å². The highest BCUT2D eigenvalue weighted by atomic mass is 35.5. The number of thioether (sulfide) groups is 1. The number of carbonyl (C=O) groups is 2. The fourth-order valence-electron chi connectivity index (χ4n) is 3.49. The minimum atomic E-state index is -0.663. The number of nitrogens with one attached hydrogen (secondary N) is 1. The number of rotatable bonds is 11. The quantitative estimate of drug-likeness (QED) is 0.307. The van der Waals surface area contributed by atoms with E-state index in [1.54, 1.807) is 23.1 Å². The van der Waals surface area contributed by atoms with Crippen LogP contribution in [0.5, 0.6) is 0 Å². The number of benzene rings is 3. The molecule has 1 atom stereocenters. The molecule has 178 valence electrons. The molecule has 0 saturated heterocycles. The Labute approximate surface area is 215 Å². The third-order valence-corrected chi connectivity index (χ3v) is 6.91. The first-order valence-electron chi connectivity index (χ1n) is 11.2. The number of nitrogens with zero attached hydrogens (tertiary/aromatic N) is 1. The van der Waals surface area contributed by atoms with Gasteiger partial charge >= 0.3 is 0 Å². The number of halogens is 2. The highest BCUT2D eigenvalue weighted by molar-refractivity contribution is 8.00. The molecule has 7 heteroatoms. The van der Waals surface area contributed by atoms with E-state index in [2.05, 4.69) is 5.32 Å². The average Bonchev–Trinajstić information content (AvgIpc) is 2.85. The second-order valence-electron chi connectivity index (χ2n) is 7.85. The lowest BCUT2D eigenvalue weighted by atomic mass is 10.0. The van der Waals surface area contributed by atoms with E-state index in [-0.39, 0.29) is 24.1 Å². The zero-order valence-electron chi connectivity index (χ0n) is 19.0. The Hall–Kier alpha value is -2.47. The van der Waals surface area contributed by atoms with Gasteiger partial charge in [0.25, 0.3) is 0 Å². The molecular weight excluding hydrogens is 487 g/mol. The van der Waals surface area contributed by atoms with Crippen molar-refractivity contribution in [3.8, 4) is 0 Å². The SMILES string of the molecule is CCCNC(=O)C(Cc1ccccc1)N(Cc1ccccc1Cl)C(=O)CSc1ccc(Cl)cc1. The molecule has 3 aromatic carbocycles. The Morgan fingerprint density at radius 1 is 0.941 bits per heavy atom. The first-order chi connectivity index (χ1) is 16.5. The summed E-state index contributed by atoms with van der Waals surface area (Å²) in [5.41, 5.74) is 1.79. The fraction of sp³-hybridized carbons (Fsp3) is 0.259. The lowest BCUT2D eigenvalue weighted by Crippen LogP contribution is -2.51. The van der Waals surface area contributed by atoms with Crippen LogP contribution in [-0.2, 0) is 22.6 Å². The summed E-state index contributed by atoms with van der Waals surface area (Å²) in [5, 5.41) is 4.19. The van der Waals surface area contributed by atoms with Crippen molar-refractivity contribution < 1.29 is 9.59 Å². The normalized spacial score (nSPS) is 11.6. The second kappa shape index (κ2) is 13.4. The summed E-state index contributed by atoms with van der Waals surface area (Å²) in [6.45, 7) is 2.80. The molecule has 34 heavy (non-hydrogen) atoms. The lowest BCUT2D eigenvalue weighted by Gasteiger charge is -2.31. The molecule has 0 aromatic heterocycles. The Bertz CT molecular complexity index is 1080. The van der Waals surface area contributed by atoms with Crippen molar-refractivity contribution in [2.24, 2.45) is 0 Å². The maximum atomic E-state index is 13.6. The fourth-order valence-corrected chi connectivity index (χ4v) is 4.59. The smallest absolute Gasteiger partial charge is 0.243 e. The van der Waals surface area contributed by atoms with Gasteiger partial charge in [-0.2, -0.15) is 0 Å². The zero-order chi connectivity index (χ0) is 24.3. The van der Waals surface area contributed by atoms with Crippen molar-refractivity contribution in [1.29, 1.82) is 0 Å². The van der Waals surface area contributed by atoms with Gasteiger partial charge in [0.1, 0.15) is 6.04 Å². The molecule has 0 heterocycles. The highest BCUT2D eigenvalue weighted by Gasteiger charge is 2.30. The van der Waals surface area contributed by atoms with Crippen molar-refractivity contribution in [2.75, 3.05) is 12.3 Å². The van der Waals surface area contributed by atoms with Crippen LogP contribution < -0.4 is 5.32 Å². The summed E-state index contributed by atoms with van der Waals surface area (Å²) < 4.78 is 0. The van der Waals surface area contributed by atoms with Gasteiger partial charge in [-0.05, 0) is 47.9 Å². The summed E-state index contributed by atoms with van der Waals surface area (Å²) >= 11 is 13.8. The molecule has 2 amide bonds. The van der Waals surface area contributed by atoms with Crippen LogP contribution in [0.1, 0.15) is 24.5 Å². The molecule has 0 aliphatic carbocycles.